The summed E-state index contributed by atoms with van der Waals surface area (Å²) in [7, 11) is 0. The van der Waals surface area contributed by atoms with Gasteiger partial charge in [-0.05, 0) is 42.8 Å². The maximum absolute atomic E-state index is 13.0. The zero-order chi connectivity index (χ0) is 19.9. The average Bonchev–Trinajstić information content (AvgIpc) is 3.14. The first-order valence-corrected chi connectivity index (χ1v) is 10.3. The quantitative estimate of drug-likeness (QED) is 0.475. The Kier molecular flexibility index (Phi) is 6.78. The van der Waals surface area contributed by atoms with E-state index >= 15 is 0 Å². The van der Waals surface area contributed by atoms with Gasteiger partial charge >= 0.3 is 0 Å². The Morgan fingerprint density at radius 3 is 2.54 bits per heavy atom. The lowest BCUT2D eigenvalue weighted by Gasteiger charge is -2.07. The summed E-state index contributed by atoms with van der Waals surface area (Å²) in [6, 6.07) is 13.8. The van der Waals surface area contributed by atoms with Crippen molar-refractivity contribution in [3.05, 3.63) is 71.0 Å². The molecule has 0 atom stereocenters. The molecule has 0 fully saturated rings. The molecule has 0 aliphatic heterocycles. The highest BCUT2D eigenvalue weighted by Crippen LogP contribution is 2.24. The molecule has 0 saturated heterocycles. The molecule has 0 unspecified atom stereocenters. The predicted octanol–water partition coefficient (Wildman–Crippen LogP) is 3.74. The number of hydrogen-bond donors (Lipinski definition) is 2. The summed E-state index contributed by atoms with van der Waals surface area (Å²) in [5.41, 5.74) is 7.29. The fourth-order valence-electron chi connectivity index (χ4n) is 2.36. The zero-order valence-electron chi connectivity index (χ0n) is 15.1. The largest absolute Gasteiger partial charge is 0.273 e. The topological polar surface area (TPSA) is 71.1 Å². The van der Waals surface area contributed by atoms with E-state index < -0.39 is 0 Å². The van der Waals surface area contributed by atoms with Gasteiger partial charge in [-0.15, -0.1) is 23.1 Å². The van der Waals surface area contributed by atoms with Crippen LogP contribution in [0.2, 0.25) is 0 Å². The first kappa shape index (κ1) is 20.0. The number of halogens is 1. The van der Waals surface area contributed by atoms with Crippen LogP contribution in [-0.4, -0.2) is 22.6 Å². The molecule has 5 nitrogen and oxygen atoms in total. The number of nitrogens with one attached hydrogen (secondary N) is 2. The minimum Gasteiger partial charge on any atom is -0.273 e. The number of hydrogen-bond acceptors (Lipinski definition) is 5. The van der Waals surface area contributed by atoms with Gasteiger partial charge in [-0.25, -0.2) is 9.37 Å². The molecule has 3 rings (SSSR count). The number of amides is 2. The van der Waals surface area contributed by atoms with E-state index in [0.717, 1.165) is 16.0 Å². The third-order valence-corrected chi connectivity index (χ3v) is 5.89. The number of thioether (sulfide) groups is 1. The number of rotatable bonds is 6. The van der Waals surface area contributed by atoms with Crippen LogP contribution in [0.15, 0.2) is 58.8 Å². The third-order valence-electron chi connectivity index (χ3n) is 3.78. The Morgan fingerprint density at radius 1 is 1.07 bits per heavy atom. The summed E-state index contributed by atoms with van der Waals surface area (Å²) in [4.78, 5) is 29.3. The van der Waals surface area contributed by atoms with Crippen molar-refractivity contribution in [1.29, 1.82) is 0 Å². The van der Waals surface area contributed by atoms with Gasteiger partial charge < -0.3 is 0 Å². The molecule has 2 amide bonds. The van der Waals surface area contributed by atoms with Gasteiger partial charge in [0, 0.05) is 15.8 Å². The molecule has 3 aromatic rings. The van der Waals surface area contributed by atoms with E-state index in [1.54, 1.807) is 17.5 Å². The van der Waals surface area contributed by atoms with Crippen molar-refractivity contribution in [2.75, 3.05) is 5.75 Å². The number of aryl methyl sites for hydroxylation is 1. The smallest absolute Gasteiger partial charge is 0.248 e. The van der Waals surface area contributed by atoms with Crippen LogP contribution in [0.3, 0.4) is 0 Å². The monoisotopic (exact) mass is 415 g/mol. The second-order valence-electron chi connectivity index (χ2n) is 5.98. The highest BCUT2D eigenvalue weighted by atomic mass is 32.2. The Balaban J connectivity index is 1.45. The maximum Gasteiger partial charge on any atom is 0.248 e. The van der Waals surface area contributed by atoms with Gasteiger partial charge in [0.2, 0.25) is 11.8 Å². The van der Waals surface area contributed by atoms with Crippen LogP contribution < -0.4 is 10.9 Å². The lowest BCUT2D eigenvalue weighted by atomic mass is 10.2. The van der Waals surface area contributed by atoms with E-state index in [-0.39, 0.29) is 29.8 Å². The number of carbonyl (C=O) groups excluding carboxylic acids is 2. The molecule has 0 bridgehead atoms. The predicted molar refractivity (Wildman–Crippen MR) is 109 cm³/mol. The highest BCUT2D eigenvalue weighted by Gasteiger charge is 2.11. The number of benzene rings is 2. The molecule has 2 N–H and O–H groups in total. The standard InChI is InChI=1S/C20H18FN3O2S2/c1-13-4-2-3-5-17(13)27-12-19(26)24-23-18(25)10-16-11-28-20(22-16)14-6-8-15(21)9-7-14/h2-9,11H,10,12H2,1H3,(H,23,25)(H,24,26). The van der Waals surface area contributed by atoms with Crippen molar-refractivity contribution in [2.24, 2.45) is 0 Å². The van der Waals surface area contributed by atoms with Crippen molar-refractivity contribution in [3.63, 3.8) is 0 Å². The fourth-order valence-corrected chi connectivity index (χ4v) is 4.01. The summed E-state index contributed by atoms with van der Waals surface area (Å²) in [5.74, 6) is -0.746. The van der Waals surface area contributed by atoms with Crippen LogP contribution in [0.25, 0.3) is 10.6 Å². The molecule has 1 heterocycles. The third kappa shape index (κ3) is 5.64. The lowest BCUT2D eigenvalue weighted by molar-refractivity contribution is -0.127. The molecule has 144 valence electrons. The molecule has 0 aliphatic rings. The number of aromatic nitrogens is 1. The van der Waals surface area contributed by atoms with E-state index in [9.17, 15) is 14.0 Å². The summed E-state index contributed by atoms with van der Waals surface area (Å²) in [6.45, 7) is 1.98. The SMILES string of the molecule is Cc1ccccc1SCC(=O)NNC(=O)Cc1csc(-c2ccc(F)cc2)n1. The van der Waals surface area contributed by atoms with Crippen LogP contribution in [0.4, 0.5) is 4.39 Å². The molecule has 0 aliphatic carbocycles. The molecule has 2 aromatic carbocycles. The fraction of sp³-hybridized carbons (Fsp3) is 0.150. The first-order valence-electron chi connectivity index (χ1n) is 8.48. The van der Waals surface area contributed by atoms with Gasteiger partial charge in [0.05, 0.1) is 17.9 Å². The van der Waals surface area contributed by atoms with Gasteiger partial charge in [0.1, 0.15) is 10.8 Å². The molecule has 28 heavy (non-hydrogen) atoms. The summed E-state index contributed by atoms with van der Waals surface area (Å²) >= 11 is 2.79. The van der Waals surface area contributed by atoms with Crippen LogP contribution in [0.5, 0.6) is 0 Å². The summed E-state index contributed by atoms with van der Waals surface area (Å²) in [6.07, 6.45) is 0.0446. The van der Waals surface area contributed by atoms with Gasteiger partial charge in [-0.1, -0.05) is 18.2 Å². The van der Waals surface area contributed by atoms with Gasteiger partial charge in [-0.2, -0.15) is 0 Å². The molecule has 0 spiro atoms. The Labute approximate surface area is 170 Å². The zero-order valence-corrected chi connectivity index (χ0v) is 16.7. The number of carbonyl (C=O) groups is 2. The molecular formula is C20H18FN3O2S2. The normalized spacial score (nSPS) is 10.5. The van der Waals surface area contributed by atoms with Gasteiger partial charge in [-0.3, -0.25) is 20.4 Å². The van der Waals surface area contributed by atoms with Crippen molar-refractivity contribution in [2.45, 2.75) is 18.2 Å². The summed E-state index contributed by atoms with van der Waals surface area (Å²) < 4.78 is 13.0. The Bertz CT molecular complexity index is 974. The number of hydrazine groups is 1. The van der Waals surface area contributed by atoms with Crippen molar-refractivity contribution >= 4 is 34.9 Å². The second kappa shape index (κ2) is 9.48. The molecule has 1 aromatic heterocycles. The second-order valence-corrected chi connectivity index (χ2v) is 7.85. The van der Waals surface area contributed by atoms with Crippen molar-refractivity contribution in [3.8, 4) is 10.6 Å². The van der Waals surface area contributed by atoms with Crippen LogP contribution >= 0.6 is 23.1 Å². The molecular weight excluding hydrogens is 397 g/mol. The van der Waals surface area contributed by atoms with Crippen LogP contribution in [0, 0.1) is 12.7 Å². The lowest BCUT2D eigenvalue weighted by Crippen LogP contribution is -2.43. The minimum atomic E-state index is -0.356. The number of nitrogens with zero attached hydrogens (tertiary/aromatic N) is 1. The van der Waals surface area contributed by atoms with Crippen molar-refractivity contribution in [1.82, 2.24) is 15.8 Å². The number of thiazole rings is 1. The van der Waals surface area contributed by atoms with E-state index in [1.807, 2.05) is 31.2 Å². The Hall–Kier alpha value is -2.71. The van der Waals surface area contributed by atoms with Crippen LogP contribution in [-0.2, 0) is 16.0 Å². The molecule has 0 saturated carbocycles. The van der Waals surface area contributed by atoms with Gasteiger partial charge in [0.25, 0.3) is 0 Å². The minimum absolute atomic E-state index is 0.0446. The molecule has 0 radical (unpaired) electrons. The van der Waals surface area contributed by atoms with E-state index in [0.29, 0.717) is 10.7 Å². The van der Waals surface area contributed by atoms with Gasteiger partial charge in [0.15, 0.2) is 0 Å². The van der Waals surface area contributed by atoms with E-state index in [4.69, 9.17) is 0 Å². The first-order chi connectivity index (χ1) is 13.5. The molecule has 8 heteroatoms. The summed E-state index contributed by atoms with van der Waals surface area (Å²) in [5, 5.41) is 2.48. The van der Waals surface area contributed by atoms with Crippen LogP contribution in [0.1, 0.15) is 11.3 Å². The van der Waals surface area contributed by atoms with E-state index in [1.165, 1.54) is 35.2 Å². The highest BCUT2D eigenvalue weighted by molar-refractivity contribution is 8.00. The Morgan fingerprint density at radius 2 is 1.79 bits per heavy atom. The average molecular weight is 416 g/mol. The van der Waals surface area contributed by atoms with E-state index in [2.05, 4.69) is 15.8 Å². The maximum atomic E-state index is 13.0. The van der Waals surface area contributed by atoms with Crippen molar-refractivity contribution < 1.29 is 14.0 Å².